The lowest BCUT2D eigenvalue weighted by atomic mass is 9.98. The Labute approximate surface area is 243 Å². The number of hydrogen-bond acceptors (Lipinski definition) is 9. The minimum Gasteiger partial charge on any atom is -0.383 e. The molecule has 0 radical (unpaired) electrons. The van der Waals surface area contributed by atoms with Crippen molar-refractivity contribution in [2.24, 2.45) is 5.73 Å². The van der Waals surface area contributed by atoms with E-state index < -0.39 is 43.3 Å². The van der Waals surface area contributed by atoms with Crippen molar-refractivity contribution in [1.29, 1.82) is 5.41 Å². The first-order valence-corrected chi connectivity index (χ1v) is 16.8. The first-order chi connectivity index (χ1) is 18.8. The third kappa shape index (κ3) is 8.64. The molecule has 2 aromatic carbocycles. The van der Waals surface area contributed by atoms with Gasteiger partial charge in [-0.05, 0) is 55.5 Å². The molecule has 41 heavy (non-hydrogen) atoms. The van der Waals surface area contributed by atoms with Crippen LogP contribution in [0.3, 0.4) is 0 Å². The van der Waals surface area contributed by atoms with Crippen molar-refractivity contribution in [3.8, 4) is 11.1 Å². The number of carbonyl (C=O) groups is 2. The number of rotatable bonds is 8. The number of nitrogen functional groups attached to an aromatic ring is 1. The Morgan fingerprint density at radius 3 is 2.22 bits per heavy atom. The van der Waals surface area contributed by atoms with Gasteiger partial charge in [0.15, 0.2) is 9.84 Å². The highest BCUT2D eigenvalue weighted by Gasteiger charge is 2.27. The van der Waals surface area contributed by atoms with Crippen LogP contribution in [0.1, 0.15) is 17.4 Å². The van der Waals surface area contributed by atoms with E-state index in [1.54, 1.807) is 30.5 Å². The molecule has 222 valence electrons. The highest BCUT2D eigenvalue weighted by Crippen LogP contribution is 2.39. The number of hydrogen-bond donors (Lipinski definition) is 3. The Morgan fingerprint density at radius 1 is 1.12 bits per heavy atom. The highest BCUT2D eigenvalue weighted by atomic mass is 32.2. The normalized spacial score (nSPS) is 12.6. The van der Waals surface area contributed by atoms with Crippen LogP contribution in [0.2, 0.25) is 0 Å². The molecule has 1 unspecified atom stereocenters. The fraction of sp³-hybridized carbons (Fsp3) is 0.240. The first-order valence-electron chi connectivity index (χ1n) is 11.3. The van der Waals surface area contributed by atoms with Crippen molar-refractivity contribution >= 4 is 66.5 Å². The van der Waals surface area contributed by atoms with Crippen LogP contribution >= 0.6 is 23.1 Å². The summed E-state index contributed by atoms with van der Waals surface area (Å²) in [5, 5.41) is 9.08. The Hall–Kier alpha value is -3.21. The number of alkyl halides is 3. The number of thioether (sulfide) groups is 1. The number of thiophene rings is 1. The molecule has 3 rings (SSSR count). The minimum absolute atomic E-state index is 0.0447. The quantitative estimate of drug-likeness (QED) is 0.137. The molecule has 9 nitrogen and oxygen atoms in total. The van der Waals surface area contributed by atoms with E-state index in [0.717, 1.165) is 23.2 Å². The standard InChI is InChI=1S/C23H25N3O5S4.C2HF3O/c1-13-7-5-10-17(26-22(27)14(2)34(4,28)29)20(13)15-8-6-9-16(11-15)35(30,31)19-12-18(21(24)25)33-23(19)32-3;3-2(4,5)1-6/h5-12,14H,1-4H3,(H3,24,25)(H,26,27);1H. The van der Waals surface area contributed by atoms with Crippen molar-refractivity contribution in [1.82, 2.24) is 0 Å². The number of anilines is 1. The van der Waals surface area contributed by atoms with E-state index in [1.165, 1.54) is 36.9 Å². The van der Waals surface area contributed by atoms with Crippen molar-refractivity contribution in [3.63, 3.8) is 0 Å². The zero-order chi connectivity index (χ0) is 31.3. The lowest BCUT2D eigenvalue weighted by molar-refractivity contribution is -0.156. The predicted octanol–water partition coefficient (Wildman–Crippen LogP) is 4.68. The van der Waals surface area contributed by atoms with Gasteiger partial charge in [0.2, 0.25) is 22.0 Å². The molecule has 0 bridgehead atoms. The average Bonchev–Trinajstić information content (AvgIpc) is 3.34. The Bertz CT molecular complexity index is 1680. The third-order valence-corrected chi connectivity index (χ3v) is 11.4. The maximum Gasteiger partial charge on any atom is 0.446 e. The van der Waals surface area contributed by atoms with E-state index in [1.807, 2.05) is 13.0 Å². The number of nitrogens with one attached hydrogen (secondary N) is 2. The van der Waals surface area contributed by atoms with E-state index in [4.69, 9.17) is 15.9 Å². The predicted molar refractivity (Wildman–Crippen MR) is 154 cm³/mol. The van der Waals surface area contributed by atoms with Gasteiger partial charge in [-0.15, -0.1) is 23.1 Å². The Morgan fingerprint density at radius 2 is 1.71 bits per heavy atom. The average molecular weight is 650 g/mol. The van der Waals surface area contributed by atoms with E-state index in [-0.39, 0.29) is 15.6 Å². The topological polar surface area (TPSA) is 164 Å². The fourth-order valence-electron chi connectivity index (χ4n) is 3.35. The van der Waals surface area contributed by atoms with Gasteiger partial charge < -0.3 is 11.1 Å². The van der Waals surface area contributed by atoms with Crippen LogP contribution in [-0.2, 0) is 29.3 Å². The minimum atomic E-state index is -4.64. The number of halogens is 3. The maximum atomic E-state index is 13.5. The molecular formula is C25H26F3N3O6S4. The largest absolute Gasteiger partial charge is 0.446 e. The van der Waals surface area contributed by atoms with Crippen LogP contribution in [0.15, 0.2) is 62.5 Å². The summed E-state index contributed by atoms with van der Waals surface area (Å²) in [6.45, 7) is 3.13. The second kappa shape index (κ2) is 13.2. The molecule has 0 fully saturated rings. The van der Waals surface area contributed by atoms with Crippen LogP contribution < -0.4 is 11.1 Å². The summed E-state index contributed by atoms with van der Waals surface area (Å²) in [5.41, 5.74) is 7.84. The fourth-order valence-corrected chi connectivity index (χ4v) is 7.70. The first kappa shape index (κ1) is 34.0. The molecule has 0 saturated heterocycles. The van der Waals surface area contributed by atoms with E-state index in [0.29, 0.717) is 25.9 Å². The molecule has 0 saturated carbocycles. The van der Waals surface area contributed by atoms with Crippen molar-refractivity contribution in [2.75, 3.05) is 17.8 Å². The molecule has 16 heteroatoms. The molecular weight excluding hydrogens is 624 g/mol. The lowest BCUT2D eigenvalue weighted by Gasteiger charge is -2.17. The number of amidine groups is 1. The number of aryl methyl sites for hydroxylation is 1. The van der Waals surface area contributed by atoms with E-state index in [2.05, 4.69) is 5.32 Å². The second-order valence-corrected chi connectivity index (χ2v) is 14.9. The number of nitrogens with two attached hydrogens (primary N) is 1. The number of sulfone groups is 2. The summed E-state index contributed by atoms with van der Waals surface area (Å²) in [4.78, 5) is 21.8. The highest BCUT2D eigenvalue weighted by molar-refractivity contribution is 8.01. The third-order valence-electron chi connectivity index (χ3n) is 5.52. The molecule has 1 atom stereocenters. The van der Waals surface area contributed by atoms with Gasteiger partial charge in [0.1, 0.15) is 11.1 Å². The van der Waals surface area contributed by atoms with Gasteiger partial charge in [0.25, 0.3) is 0 Å². The Balaban J connectivity index is 0.000000883. The van der Waals surface area contributed by atoms with Crippen LogP contribution in [0.25, 0.3) is 11.1 Å². The summed E-state index contributed by atoms with van der Waals surface area (Å²) in [6.07, 6.45) is -2.95. The maximum absolute atomic E-state index is 13.5. The van der Waals surface area contributed by atoms with Gasteiger partial charge >= 0.3 is 6.18 Å². The Kier molecular flexibility index (Phi) is 10.9. The SMILES string of the molecule is CSc1sc(C(=N)N)cc1S(=O)(=O)c1cccc(-c2c(C)cccc2NC(=O)C(C)S(C)(=O)=O)c1.O=CC(F)(F)F. The number of amides is 1. The van der Waals surface area contributed by atoms with Gasteiger partial charge in [-0.25, -0.2) is 16.8 Å². The van der Waals surface area contributed by atoms with E-state index in [9.17, 15) is 34.8 Å². The second-order valence-electron chi connectivity index (χ2n) is 8.53. The molecule has 1 amide bonds. The van der Waals surface area contributed by atoms with Gasteiger partial charge in [0.05, 0.1) is 18.9 Å². The summed E-state index contributed by atoms with van der Waals surface area (Å²) in [5.74, 6) is -0.883. The van der Waals surface area contributed by atoms with Crippen LogP contribution in [0, 0.1) is 12.3 Å². The zero-order valence-electron chi connectivity index (χ0n) is 22.1. The van der Waals surface area contributed by atoms with Crippen molar-refractivity contribution < 1.29 is 39.6 Å². The molecule has 1 heterocycles. The molecule has 4 N–H and O–H groups in total. The van der Waals surface area contributed by atoms with E-state index >= 15 is 0 Å². The van der Waals surface area contributed by atoms with Gasteiger partial charge in [0, 0.05) is 17.5 Å². The number of aldehydes is 1. The van der Waals surface area contributed by atoms with Crippen LogP contribution in [0.4, 0.5) is 18.9 Å². The molecule has 0 aliphatic rings. The molecule has 0 aliphatic heterocycles. The number of carbonyl (C=O) groups excluding carboxylic acids is 2. The molecule has 3 aromatic rings. The van der Waals surface area contributed by atoms with Crippen molar-refractivity contribution in [2.45, 2.75) is 39.3 Å². The monoisotopic (exact) mass is 649 g/mol. The van der Waals surface area contributed by atoms with Crippen LogP contribution in [-0.4, -0.2) is 58.8 Å². The zero-order valence-corrected chi connectivity index (χ0v) is 25.3. The van der Waals surface area contributed by atoms with Gasteiger partial charge in [-0.3, -0.25) is 15.0 Å². The summed E-state index contributed by atoms with van der Waals surface area (Å²) in [6, 6.07) is 12.9. The van der Waals surface area contributed by atoms with Gasteiger partial charge in [-0.2, -0.15) is 13.2 Å². The van der Waals surface area contributed by atoms with Crippen molar-refractivity contribution in [3.05, 3.63) is 59.0 Å². The smallest absolute Gasteiger partial charge is 0.383 e. The van der Waals surface area contributed by atoms with Gasteiger partial charge in [-0.1, -0.05) is 24.3 Å². The molecule has 0 spiro atoms. The molecule has 1 aromatic heterocycles. The van der Waals surface area contributed by atoms with Crippen LogP contribution in [0.5, 0.6) is 0 Å². The molecule has 0 aliphatic carbocycles. The lowest BCUT2D eigenvalue weighted by Crippen LogP contribution is -2.32. The summed E-state index contributed by atoms with van der Waals surface area (Å²) >= 11 is 2.41. The summed E-state index contributed by atoms with van der Waals surface area (Å²) in [7, 11) is -7.53. The number of benzene rings is 2. The summed E-state index contributed by atoms with van der Waals surface area (Å²) < 4.78 is 82.5.